The lowest BCUT2D eigenvalue weighted by atomic mass is 9.65. The molecular formula is C32H35ClFN3O5S. The van der Waals surface area contributed by atoms with Gasteiger partial charge in [0.05, 0.1) is 16.9 Å². The van der Waals surface area contributed by atoms with Crippen LogP contribution in [0.4, 0.5) is 10.2 Å². The van der Waals surface area contributed by atoms with Crippen LogP contribution in [0.5, 0.6) is 5.75 Å². The van der Waals surface area contributed by atoms with Crippen LogP contribution < -0.4 is 14.4 Å². The monoisotopic (exact) mass is 627 g/mol. The highest BCUT2D eigenvalue weighted by Gasteiger charge is 2.47. The molecule has 8 nitrogen and oxygen atoms in total. The number of pyridine rings is 1. The molecule has 4 heterocycles. The number of nitrogens with one attached hydrogen (secondary N) is 1. The summed E-state index contributed by atoms with van der Waals surface area (Å²) in [6.45, 7) is 4.68. The molecule has 0 radical (unpaired) electrons. The van der Waals surface area contributed by atoms with Gasteiger partial charge < -0.3 is 9.64 Å². The number of rotatable bonds is 0. The van der Waals surface area contributed by atoms with Crippen LogP contribution in [0.15, 0.2) is 35.9 Å². The molecule has 2 aromatic rings. The van der Waals surface area contributed by atoms with Gasteiger partial charge in [-0.25, -0.2) is 22.5 Å². The van der Waals surface area contributed by atoms with E-state index in [9.17, 15) is 18.0 Å². The van der Waals surface area contributed by atoms with Crippen LogP contribution in [0, 0.1) is 29.5 Å². The number of hydrogen-bond acceptors (Lipinski definition) is 7. The summed E-state index contributed by atoms with van der Waals surface area (Å²) < 4.78 is 50.3. The number of fused-ring (bicyclic) bond motifs is 6. The Morgan fingerprint density at radius 2 is 1.95 bits per heavy atom. The van der Waals surface area contributed by atoms with Crippen molar-refractivity contribution in [1.82, 2.24) is 9.71 Å². The second-order valence-corrected chi connectivity index (χ2v) is 15.6. The molecule has 1 aromatic carbocycles. The van der Waals surface area contributed by atoms with E-state index in [-0.39, 0.29) is 46.8 Å². The number of amides is 1. The molecule has 1 amide bonds. The average molecular weight is 628 g/mol. The van der Waals surface area contributed by atoms with Crippen molar-refractivity contribution < 1.29 is 27.1 Å². The highest BCUT2D eigenvalue weighted by Crippen LogP contribution is 2.47. The van der Waals surface area contributed by atoms with Crippen molar-refractivity contribution in [2.45, 2.75) is 63.0 Å². The number of Topliss-reactive ketones (excluding diaryl/α,β-unsaturated/α-hetero) is 1. The van der Waals surface area contributed by atoms with Crippen LogP contribution in [0.25, 0.3) is 0 Å². The van der Waals surface area contributed by atoms with Gasteiger partial charge in [-0.2, -0.15) is 0 Å². The highest BCUT2D eigenvalue weighted by molar-refractivity contribution is 7.90. The highest BCUT2D eigenvalue weighted by atomic mass is 35.5. The number of carbonyl (C=O) groups is 2. The van der Waals surface area contributed by atoms with Gasteiger partial charge in [0, 0.05) is 24.4 Å². The summed E-state index contributed by atoms with van der Waals surface area (Å²) in [5.41, 5.74) is 1.64. The number of sulfonamides is 1. The molecule has 8 rings (SSSR count). The smallest absolute Gasteiger partial charge is 0.283 e. The fourth-order valence-electron chi connectivity index (χ4n) is 7.70. The third-order valence-electron chi connectivity index (χ3n) is 10.8. The van der Waals surface area contributed by atoms with E-state index in [1.54, 1.807) is 19.1 Å². The first-order chi connectivity index (χ1) is 20.5. The number of aromatic nitrogens is 1. The standard InChI is InChI=1S/C32H35ClFN3O5S/c1-17-18(2)43(40,41)36-31(39)26-9-10-27-30(35-26)37(14-19-5-6-22(19)29(38)21-12-20(17)13-21)15-32(16-42-27)11-3-4-23-24(32)7-8-25(33)28(23)34/h7-10,12,17-20,22H,3-6,11,13-16H2,1-2H3,(H,36,39)/t17-,18-,19+,20+,22-,32+/m1/s1. The van der Waals surface area contributed by atoms with Crippen LogP contribution in [0.2, 0.25) is 5.02 Å². The van der Waals surface area contributed by atoms with E-state index >= 15 is 4.39 Å². The SMILES string of the molecule is C[C@@H]1[C@@H](C)S(=O)(=O)NC(=O)c2ccc3c(n2)N(C[C@@H]2CC[C@H]2C(=O)C2=C[C@H]1C2)C[C@@]1(CCCc2c1ccc(Cl)c2F)CO3. The Balaban J connectivity index is 1.32. The van der Waals surface area contributed by atoms with Gasteiger partial charge in [0.1, 0.15) is 11.5 Å². The van der Waals surface area contributed by atoms with E-state index in [4.69, 9.17) is 16.3 Å². The minimum Gasteiger partial charge on any atom is -0.489 e. The number of hydrogen-bond donors (Lipinski definition) is 1. The summed E-state index contributed by atoms with van der Waals surface area (Å²) in [6.07, 6.45) is 6.27. The van der Waals surface area contributed by atoms with Crippen LogP contribution in [0.3, 0.4) is 0 Å². The summed E-state index contributed by atoms with van der Waals surface area (Å²) in [6, 6.07) is 6.62. The Bertz CT molecular complexity index is 1680. The van der Waals surface area contributed by atoms with E-state index < -0.39 is 32.4 Å². The number of allylic oxidation sites excluding steroid dienone is 2. The van der Waals surface area contributed by atoms with E-state index in [1.807, 2.05) is 19.1 Å². The fourth-order valence-corrected chi connectivity index (χ4v) is 9.19. The lowest BCUT2D eigenvalue weighted by Gasteiger charge is -2.44. The van der Waals surface area contributed by atoms with Crippen molar-refractivity contribution in [3.05, 3.63) is 63.6 Å². The van der Waals surface area contributed by atoms with Crippen molar-refractivity contribution in [2.75, 3.05) is 24.6 Å². The van der Waals surface area contributed by atoms with Crippen molar-refractivity contribution in [2.24, 2.45) is 23.7 Å². The first-order valence-corrected chi connectivity index (χ1v) is 17.1. The molecule has 0 saturated heterocycles. The molecule has 6 atom stereocenters. The number of carbonyl (C=O) groups excluding carboxylic acids is 2. The van der Waals surface area contributed by atoms with Crippen molar-refractivity contribution >= 4 is 39.1 Å². The van der Waals surface area contributed by atoms with Gasteiger partial charge in [-0.3, -0.25) is 9.59 Å². The summed E-state index contributed by atoms with van der Waals surface area (Å²) in [7, 11) is -4.02. The Morgan fingerprint density at radius 3 is 2.70 bits per heavy atom. The minimum atomic E-state index is -4.02. The van der Waals surface area contributed by atoms with Gasteiger partial charge in [-0.1, -0.05) is 30.7 Å². The van der Waals surface area contributed by atoms with Crippen LogP contribution in [0.1, 0.15) is 67.6 Å². The van der Waals surface area contributed by atoms with E-state index in [2.05, 4.69) is 14.6 Å². The van der Waals surface area contributed by atoms with Crippen LogP contribution in [-0.4, -0.2) is 50.0 Å². The molecule has 6 aliphatic rings. The van der Waals surface area contributed by atoms with Crippen molar-refractivity contribution in [1.29, 1.82) is 0 Å². The molecule has 3 aliphatic carbocycles. The fraction of sp³-hybridized carbons (Fsp3) is 0.531. The molecule has 11 heteroatoms. The number of ether oxygens (including phenoxy) is 1. The molecule has 0 unspecified atom stereocenters. The molecule has 228 valence electrons. The summed E-state index contributed by atoms with van der Waals surface area (Å²) >= 11 is 6.17. The Kier molecular flexibility index (Phi) is 6.89. The van der Waals surface area contributed by atoms with Crippen LogP contribution in [-0.2, 0) is 26.7 Å². The number of anilines is 1. The predicted octanol–water partition coefficient (Wildman–Crippen LogP) is 4.99. The zero-order valence-electron chi connectivity index (χ0n) is 24.2. The van der Waals surface area contributed by atoms with Gasteiger partial charge in [-0.05, 0) is 98.1 Å². The second kappa shape index (κ2) is 10.3. The van der Waals surface area contributed by atoms with Gasteiger partial charge in [-0.15, -0.1) is 0 Å². The van der Waals surface area contributed by atoms with Crippen molar-refractivity contribution in [3.8, 4) is 5.75 Å². The van der Waals surface area contributed by atoms with Gasteiger partial charge in [0.2, 0.25) is 10.0 Å². The number of halogens is 2. The van der Waals surface area contributed by atoms with Gasteiger partial charge in [0.15, 0.2) is 17.4 Å². The largest absolute Gasteiger partial charge is 0.489 e. The minimum absolute atomic E-state index is 0.0345. The quantitative estimate of drug-likeness (QED) is 0.439. The van der Waals surface area contributed by atoms with Gasteiger partial charge in [0.25, 0.3) is 5.91 Å². The zero-order valence-corrected chi connectivity index (χ0v) is 25.8. The molecule has 1 fully saturated rings. The van der Waals surface area contributed by atoms with E-state index in [0.29, 0.717) is 43.1 Å². The molecule has 3 aliphatic heterocycles. The topological polar surface area (TPSA) is 106 Å². The molecule has 43 heavy (non-hydrogen) atoms. The third kappa shape index (κ3) is 4.67. The summed E-state index contributed by atoms with van der Waals surface area (Å²) in [5, 5.41) is -0.752. The summed E-state index contributed by atoms with van der Waals surface area (Å²) in [5.74, 6) is -0.501. The molecular weight excluding hydrogens is 593 g/mol. The van der Waals surface area contributed by atoms with E-state index in [1.165, 1.54) is 6.07 Å². The van der Waals surface area contributed by atoms with Crippen molar-refractivity contribution in [3.63, 3.8) is 0 Å². The maximum atomic E-state index is 15.2. The molecule has 1 spiro atoms. The first-order valence-electron chi connectivity index (χ1n) is 15.1. The Morgan fingerprint density at radius 1 is 1.16 bits per heavy atom. The molecule has 4 bridgehead atoms. The number of benzene rings is 1. The lowest BCUT2D eigenvalue weighted by Crippen LogP contribution is -2.50. The van der Waals surface area contributed by atoms with E-state index in [0.717, 1.165) is 36.8 Å². The molecule has 1 N–H and O–H groups in total. The predicted molar refractivity (Wildman–Crippen MR) is 160 cm³/mol. The number of nitrogens with zero attached hydrogens (tertiary/aromatic N) is 2. The van der Waals surface area contributed by atoms with Crippen LogP contribution >= 0.6 is 11.6 Å². The number of ketones is 1. The zero-order chi connectivity index (χ0) is 30.3. The maximum absolute atomic E-state index is 15.2. The normalized spacial score (nSPS) is 33.1. The lowest BCUT2D eigenvalue weighted by molar-refractivity contribution is -0.124. The molecule has 1 aromatic heterocycles. The average Bonchev–Trinajstić information content (AvgIpc) is 3.08. The Hall–Kier alpha value is -2.98. The Labute approximate surface area is 256 Å². The second-order valence-electron chi connectivity index (χ2n) is 13.1. The maximum Gasteiger partial charge on any atom is 0.283 e. The summed E-state index contributed by atoms with van der Waals surface area (Å²) in [4.78, 5) is 33.7. The molecule has 1 saturated carbocycles. The third-order valence-corrected chi connectivity index (χ3v) is 12.9. The first kappa shape index (κ1) is 28.8. The van der Waals surface area contributed by atoms with Gasteiger partial charge >= 0.3 is 0 Å².